The third-order valence-electron chi connectivity index (χ3n) is 8.98. The topological polar surface area (TPSA) is 101 Å². The minimum atomic E-state index is -1.55. The van der Waals surface area contributed by atoms with Crippen molar-refractivity contribution in [3.63, 3.8) is 0 Å². The molecular formula is C29H22Cl4N2O6. The number of ether oxygens (including phenoxy) is 1. The molecule has 212 valence electrons. The summed E-state index contributed by atoms with van der Waals surface area (Å²) in [6, 6.07) is 8.78. The second-order valence-corrected chi connectivity index (χ2v) is 12.5. The first-order chi connectivity index (χ1) is 19.4. The van der Waals surface area contributed by atoms with E-state index in [9.17, 15) is 24.0 Å². The number of amides is 4. The summed E-state index contributed by atoms with van der Waals surface area (Å²) in [5.41, 5.74) is -0.695. The molecule has 5 aliphatic rings. The van der Waals surface area contributed by atoms with Crippen molar-refractivity contribution in [3.05, 3.63) is 67.6 Å². The molecule has 2 aliphatic heterocycles. The smallest absolute Gasteiger partial charge is 0.334 e. The minimum Gasteiger partial charge on any atom is -0.463 e. The van der Waals surface area contributed by atoms with Gasteiger partial charge >= 0.3 is 5.97 Å². The van der Waals surface area contributed by atoms with Crippen LogP contribution in [0.25, 0.3) is 0 Å². The molecule has 12 heteroatoms. The number of hydrogen-bond acceptors (Lipinski definition) is 6. The number of benzene rings is 2. The molecule has 8 nitrogen and oxygen atoms in total. The fourth-order valence-corrected chi connectivity index (χ4v) is 8.60. The van der Waals surface area contributed by atoms with E-state index in [1.807, 2.05) is 0 Å². The van der Waals surface area contributed by atoms with E-state index in [0.717, 1.165) is 9.80 Å². The molecule has 2 aromatic carbocycles. The van der Waals surface area contributed by atoms with E-state index in [4.69, 9.17) is 51.1 Å². The highest BCUT2D eigenvalue weighted by molar-refractivity contribution is 6.40. The Bertz CT molecular complexity index is 1540. The van der Waals surface area contributed by atoms with Crippen molar-refractivity contribution in [2.75, 3.05) is 16.4 Å². The first kappa shape index (κ1) is 28.2. The van der Waals surface area contributed by atoms with Gasteiger partial charge in [0.2, 0.25) is 23.6 Å². The number of esters is 1. The molecule has 0 radical (unpaired) electrons. The molecular weight excluding hydrogens is 614 g/mol. The van der Waals surface area contributed by atoms with E-state index in [2.05, 4.69) is 0 Å². The molecule has 1 saturated carbocycles. The van der Waals surface area contributed by atoms with Crippen LogP contribution in [0.4, 0.5) is 11.4 Å². The van der Waals surface area contributed by atoms with Gasteiger partial charge in [-0.25, -0.2) is 14.6 Å². The third-order valence-corrected chi connectivity index (χ3v) is 10.1. The standard InChI is InChI=1S/C29H22Cl4N2O6/c1-4-41-28(40)21-11(2)18-19-22(26(38)34(24(19)36)16-7-5-12(30)9-14(16)32)29(21,3)23-20(18)25(37)35(27(23)39)17-8-6-13(31)10-15(17)33/h5-10,18-20,22-23H,4H2,1-3H3/t18?,19-,20-,22-,23+,29?/m0/s1. The van der Waals surface area contributed by atoms with Crippen LogP contribution < -0.4 is 9.80 Å². The van der Waals surface area contributed by atoms with Gasteiger partial charge in [0, 0.05) is 27.0 Å². The molecule has 7 rings (SSSR count). The molecule has 3 fully saturated rings. The van der Waals surface area contributed by atoms with Crippen LogP contribution in [0.2, 0.25) is 20.1 Å². The van der Waals surface area contributed by atoms with Crippen LogP contribution in [0.15, 0.2) is 47.5 Å². The predicted octanol–water partition coefficient (Wildman–Crippen LogP) is 5.74. The summed E-state index contributed by atoms with van der Waals surface area (Å²) in [5, 5.41) is 0.801. The average molecular weight is 636 g/mol. The second-order valence-electron chi connectivity index (χ2n) is 10.8. The quantitative estimate of drug-likeness (QED) is 0.314. The van der Waals surface area contributed by atoms with Crippen molar-refractivity contribution in [2.45, 2.75) is 20.8 Å². The zero-order chi connectivity index (χ0) is 29.7. The molecule has 41 heavy (non-hydrogen) atoms. The Balaban J connectivity index is 1.55. The highest BCUT2D eigenvalue weighted by Crippen LogP contribution is 2.69. The number of anilines is 2. The van der Waals surface area contributed by atoms with E-state index < -0.39 is 64.6 Å². The molecule has 3 aliphatic carbocycles. The van der Waals surface area contributed by atoms with Crippen molar-refractivity contribution in [3.8, 4) is 0 Å². The van der Waals surface area contributed by atoms with Crippen molar-refractivity contribution in [1.29, 1.82) is 0 Å². The van der Waals surface area contributed by atoms with E-state index in [-0.39, 0.29) is 33.6 Å². The Morgan fingerprint density at radius 3 is 1.61 bits per heavy atom. The number of hydrogen-bond donors (Lipinski definition) is 0. The summed E-state index contributed by atoms with van der Waals surface area (Å²) in [7, 11) is 0. The number of rotatable bonds is 4. The number of carbonyl (C=O) groups excluding carboxylic acids is 5. The van der Waals surface area contributed by atoms with Gasteiger partial charge in [-0.15, -0.1) is 0 Å². The van der Waals surface area contributed by atoms with Crippen molar-refractivity contribution in [2.24, 2.45) is 35.0 Å². The highest BCUT2D eigenvalue weighted by atomic mass is 35.5. The summed E-state index contributed by atoms with van der Waals surface area (Å²) in [5.74, 6) is -8.28. The Morgan fingerprint density at radius 2 is 1.22 bits per heavy atom. The first-order valence-electron chi connectivity index (χ1n) is 12.9. The lowest BCUT2D eigenvalue weighted by Gasteiger charge is -2.55. The van der Waals surface area contributed by atoms with Crippen LogP contribution in [0.3, 0.4) is 0 Å². The molecule has 2 aromatic rings. The minimum absolute atomic E-state index is 0.0529. The molecule has 2 saturated heterocycles. The Morgan fingerprint density at radius 1 is 0.780 bits per heavy atom. The summed E-state index contributed by atoms with van der Waals surface area (Å²) in [6.45, 7) is 4.96. The molecule has 2 bridgehead atoms. The first-order valence-corrected chi connectivity index (χ1v) is 14.4. The van der Waals surface area contributed by atoms with Crippen molar-refractivity contribution in [1.82, 2.24) is 0 Å². The zero-order valence-corrected chi connectivity index (χ0v) is 24.9. The third kappa shape index (κ3) is 3.63. The lowest BCUT2D eigenvalue weighted by Crippen LogP contribution is -2.61. The maximum absolute atomic E-state index is 14.2. The van der Waals surface area contributed by atoms with Crippen LogP contribution in [0, 0.1) is 35.0 Å². The fourth-order valence-electron chi connectivity index (χ4n) is 7.61. The molecule has 2 heterocycles. The Hall–Kier alpha value is -2.91. The van der Waals surface area contributed by atoms with Crippen LogP contribution in [0.5, 0.6) is 0 Å². The molecule has 2 unspecified atom stereocenters. The van der Waals surface area contributed by atoms with Gasteiger partial charge in [-0.1, -0.05) is 58.9 Å². The van der Waals surface area contributed by atoms with Gasteiger partial charge < -0.3 is 4.74 Å². The van der Waals surface area contributed by atoms with Gasteiger partial charge in [-0.2, -0.15) is 0 Å². The summed E-state index contributed by atoms with van der Waals surface area (Å²) >= 11 is 24.9. The number of halogens is 4. The molecule has 0 spiro atoms. The Kier molecular flexibility index (Phi) is 6.58. The van der Waals surface area contributed by atoms with E-state index >= 15 is 0 Å². The van der Waals surface area contributed by atoms with Crippen LogP contribution in [0.1, 0.15) is 20.8 Å². The maximum atomic E-state index is 14.2. The van der Waals surface area contributed by atoms with Crippen molar-refractivity contribution < 1.29 is 28.7 Å². The zero-order valence-electron chi connectivity index (χ0n) is 21.9. The lowest BCUT2D eigenvalue weighted by atomic mass is 9.43. The Labute approximate surface area is 255 Å². The van der Waals surface area contributed by atoms with Crippen LogP contribution in [-0.4, -0.2) is 36.2 Å². The maximum Gasteiger partial charge on any atom is 0.334 e. The highest BCUT2D eigenvalue weighted by Gasteiger charge is 2.77. The van der Waals surface area contributed by atoms with E-state index in [1.54, 1.807) is 20.8 Å². The van der Waals surface area contributed by atoms with Gasteiger partial charge in [0.15, 0.2) is 0 Å². The summed E-state index contributed by atoms with van der Waals surface area (Å²) in [6.07, 6.45) is 0. The largest absolute Gasteiger partial charge is 0.463 e. The lowest BCUT2D eigenvalue weighted by molar-refractivity contribution is -0.155. The molecule has 6 atom stereocenters. The van der Waals surface area contributed by atoms with Crippen LogP contribution in [-0.2, 0) is 28.7 Å². The van der Waals surface area contributed by atoms with E-state index in [0.29, 0.717) is 15.6 Å². The van der Waals surface area contributed by atoms with Gasteiger partial charge in [0.25, 0.3) is 0 Å². The molecule has 0 aromatic heterocycles. The van der Waals surface area contributed by atoms with Gasteiger partial charge in [0.1, 0.15) is 0 Å². The second kappa shape index (κ2) is 9.56. The summed E-state index contributed by atoms with van der Waals surface area (Å²) < 4.78 is 5.39. The van der Waals surface area contributed by atoms with Crippen LogP contribution >= 0.6 is 46.4 Å². The monoisotopic (exact) mass is 634 g/mol. The van der Waals surface area contributed by atoms with Gasteiger partial charge in [-0.3, -0.25) is 19.2 Å². The van der Waals surface area contributed by atoms with E-state index in [1.165, 1.54) is 36.4 Å². The number of nitrogens with zero attached hydrogens (tertiary/aromatic N) is 2. The number of allylic oxidation sites excluding steroid dienone is 1. The number of carbonyl (C=O) groups is 5. The number of imide groups is 2. The van der Waals surface area contributed by atoms with Gasteiger partial charge in [0.05, 0.1) is 51.7 Å². The fraction of sp³-hybridized carbons (Fsp3) is 0.345. The molecule has 0 N–H and O–H groups in total. The molecule has 4 amide bonds. The normalized spacial score (nSPS) is 30.4. The predicted molar refractivity (Wildman–Crippen MR) is 153 cm³/mol. The van der Waals surface area contributed by atoms with Gasteiger partial charge in [-0.05, 0) is 50.2 Å². The van der Waals surface area contributed by atoms with Crippen molar-refractivity contribution >= 4 is 87.4 Å². The summed E-state index contributed by atoms with van der Waals surface area (Å²) in [4.78, 5) is 72.1. The average Bonchev–Trinajstić information content (AvgIpc) is 3.31. The SMILES string of the molecule is CCOC(=O)C1=C(C)C2[C@@H]3C(=O)N(c4ccc(Cl)cc4Cl)C(=O)[C@H]3C1(C)[C@H]1C(=O)N(c3ccc(Cl)cc3Cl)C(=O)[C@@H]21.